The molecule has 2 amide bonds. The molecule has 0 bridgehead atoms. The minimum Gasteiger partial charge on any atom is -0.288 e. The Balaban J connectivity index is 1.82. The molecule has 0 aliphatic carbocycles. The number of anilines is 2. The van der Waals surface area contributed by atoms with Crippen molar-refractivity contribution in [1.82, 2.24) is 4.98 Å². The molecule has 5 nitrogen and oxygen atoms in total. The lowest BCUT2D eigenvalue weighted by atomic mass is 10.1. The number of urea groups is 1. The van der Waals surface area contributed by atoms with Crippen molar-refractivity contribution in [3.8, 4) is 6.07 Å². The highest BCUT2D eigenvalue weighted by Crippen LogP contribution is 2.34. The van der Waals surface area contributed by atoms with Crippen molar-refractivity contribution < 1.29 is 13.6 Å². The molecule has 1 unspecified atom stereocenters. The Morgan fingerprint density at radius 3 is 2.69 bits per heavy atom. The number of hydrogen-bond acceptors (Lipinski definition) is 3. The third kappa shape index (κ3) is 2.43. The lowest BCUT2D eigenvalue weighted by Crippen LogP contribution is -2.35. The number of pyridine rings is 1. The van der Waals surface area contributed by atoms with Gasteiger partial charge in [-0.15, -0.1) is 0 Å². The van der Waals surface area contributed by atoms with E-state index in [1.54, 1.807) is 6.20 Å². The van der Waals surface area contributed by atoms with Gasteiger partial charge in [-0.1, -0.05) is 24.3 Å². The largest absolute Gasteiger partial charge is 0.330 e. The molecule has 1 aliphatic rings. The number of nitriles is 1. The minimum absolute atomic E-state index is 0.0267. The minimum atomic E-state index is -0.854. The van der Waals surface area contributed by atoms with Crippen LogP contribution in [0.25, 0.3) is 10.8 Å². The zero-order valence-electron chi connectivity index (χ0n) is 13.4. The third-order valence-corrected chi connectivity index (χ3v) is 4.36. The lowest BCUT2D eigenvalue weighted by Gasteiger charge is -2.21. The zero-order valence-corrected chi connectivity index (χ0v) is 13.4. The third-order valence-electron chi connectivity index (χ3n) is 4.36. The van der Waals surface area contributed by atoms with Crippen LogP contribution in [0.2, 0.25) is 0 Å². The molecule has 3 aromatic rings. The van der Waals surface area contributed by atoms with Crippen molar-refractivity contribution in [3.05, 3.63) is 66.5 Å². The van der Waals surface area contributed by atoms with Crippen LogP contribution in [-0.2, 0) is 0 Å². The molecule has 2 heterocycles. The number of carbonyl (C=O) groups excluding carboxylic acids is 1. The summed E-state index contributed by atoms with van der Waals surface area (Å²) in [7, 11) is 0. The first-order valence-corrected chi connectivity index (χ1v) is 7.88. The number of benzene rings is 2. The van der Waals surface area contributed by atoms with Gasteiger partial charge in [0.05, 0.1) is 30.2 Å². The summed E-state index contributed by atoms with van der Waals surface area (Å²) in [4.78, 5) is 19.6. The van der Waals surface area contributed by atoms with Gasteiger partial charge in [-0.2, -0.15) is 5.26 Å². The zero-order chi connectivity index (χ0) is 18.3. The second-order valence-electron chi connectivity index (χ2n) is 5.88. The summed E-state index contributed by atoms with van der Waals surface area (Å²) >= 11 is 0. The molecule has 1 saturated heterocycles. The smallest absolute Gasteiger partial charge is 0.288 e. The van der Waals surface area contributed by atoms with Crippen molar-refractivity contribution in [2.75, 3.05) is 16.3 Å². The van der Waals surface area contributed by atoms with Crippen molar-refractivity contribution in [2.24, 2.45) is 0 Å². The summed E-state index contributed by atoms with van der Waals surface area (Å²) in [6.07, 6.45) is 3.17. The number of aromatic nitrogens is 1. The van der Waals surface area contributed by atoms with Gasteiger partial charge in [0.1, 0.15) is 17.7 Å². The number of amides is 2. The van der Waals surface area contributed by atoms with Crippen LogP contribution < -0.4 is 9.80 Å². The van der Waals surface area contributed by atoms with Crippen LogP contribution in [0.4, 0.5) is 25.0 Å². The van der Waals surface area contributed by atoms with Gasteiger partial charge in [0.2, 0.25) is 0 Å². The van der Waals surface area contributed by atoms with E-state index in [1.807, 2.05) is 24.3 Å². The van der Waals surface area contributed by atoms with Crippen LogP contribution in [0, 0.1) is 23.0 Å². The van der Waals surface area contributed by atoms with Gasteiger partial charge in [0.15, 0.2) is 0 Å². The Bertz CT molecular complexity index is 1060. The number of rotatable bonds is 2. The molecule has 1 atom stereocenters. The van der Waals surface area contributed by atoms with Gasteiger partial charge >= 0.3 is 6.03 Å². The van der Waals surface area contributed by atoms with Crippen molar-refractivity contribution in [1.29, 1.82) is 5.26 Å². The summed E-state index contributed by atoms with van der Waals surface area (Å²) in [6, 6.07) is 11.0. The Morgan fingerprint density at radius 1 is 1.12 bits per heavy atom. The van der Waals surface area contributed by atoms with E-state index in [1.165, 1.54) is 17.2 Å². The van der Waals surface area contributed by atoms with E-state index in [2.05, 4.69) is 11.1 Å². The first kappa shape index (κ1) is 16.0. The molecule has 2 aromatic carbocycles. The maximum Gasteiger partial charge on any atom is 0.330 e. The first-order chi connectivity index (χ1) is 12.6. The van der Waals surface area contributed by atoms with Gasteiger partial charge in [0.25, 0.3) is 0 Å². The number of halogens is 2. The Kier molecular flexibility index (Phi) is 3.73. The van der Waals surface area contributed by atoms with Gasteiger partial charge in [-0.05, 0) is 12.1 Å². The van der Waals surface area contributed by atoms with Gasteiger partial charge < -0.3 is 0 Å². The maximum atomic E-state index is 14.1. The normalized spacial score (nSPS) is 17.0. The topological polar surface area (TPSA) is 60.2 Å². The van der Waals surface area contributed by atoms with Crippen LogP contribution in [0.15, 0.2) is 54.9 Å². The number of carbonyl (C=O) groups is 1. The van der Waals surface area contributed by atoms with Gasteiger partial charge in [-0.25, -0.2) is 13.6 Å². The van der Waals surface area contributed by atoms with E-state index in [4.69, 9.17) is 0 Å². The standard InChI is InChI=1S/C19H12F2N4O/c20-13-5-6-17(16(21)7-13)24-11-14(8-22)25(19(24)26)18-10-23-9-12-3-1-2-4-15(12)18/h1-7,9-10,14H,11H2. The predicted molar refractivity (Wildman–Crippen MR) is 92.7 cm³/mol. The average molecular weight is 350 g/mol. The molecule has 1 aromatic heterocycles. The molecular weight excluding hydrogens is 338 g/mol. The molecule has 1 aliphatic heterocycles. The summed E-state index contributed by atoms with van der Waals surface area (Å²) < 4.78 is 27.3. The number of fused-ring (bicyclic) bond motifs is 1. The van der Waals surface area contributed by atoms with E-state index in [0.717, 1.165) is 21.7 Å². The van der Waals surface area contributed by atoms with Crippen LogP contribution >= 0.6 is 0 Å². The molecule has 1 fully saturated rings. The van der Waals surface area contributed by atoms with Crippen LogP contribution in [0.1, 0.15) is 0 Å². The maximum absolute atomic E-state index is 14.1. The highest BCUT2D eigenvalue weighted by molar-refractivity contribution is 6.11. The molecule has 0 N–H and O–H groups in total. The molecule has 4 rings (SSSR count). The number of hydrogen-bond donors (Lipinski definition) is 0. The molecule has 128 valence electrons. The van der Waals surface area contributed by atoms with E-state index < -0.39 is 23.7 Å². The van der Waals surface area contributed by atoms with Gasteiger partial charge in [0, 0.05) is 23.0 Å². The van der Waals surface area contributed by atoms with Crippen molar-refractivity contribution in [2.45, 2.75) is 6.04 Å². The molecular formula is C19H12F2N4O. The van der Waals surface area contributed by atoms with Crippen LogP contribution in [0.5, 0.6) is 0 Å². The van der Waals surface area contributed by atoms with Crippen molar-refractivity contribution in [3.63, 3.8) is 0 Å². The Hall–Kier alpha value is -3.53. The predicted octanol–water partition coefficient (Wildman–Crippen LogP) is 3.85. The Labute approximate surface area is 147 Å². The highest BCUT2D eigenvalue weighted by Gasteiger charge is 2.41. The fraction of sp³-hybridized carbons (Fsp3) is 0.105. The van der Waals surface area contributed by atoms with Gasteiger partial charge in [-0.3, -0.25) is 14.8 Å². The molecule has 26 heavy (non-hydrogen) atoms. The summed E-state index contributed by atoms with van der Waals surface area (Å²) in [5, 5.41) is 11.1. The van der Waals surface area contributed by atoms with E-state index in [9.17, 15) is 18.8 Å². The van der Waals surface area contributed by atoms with E-state index in [-0.39, 0.29) is 12.2 Å². The lowest BCUT2D eigenvalue weighted by molar-refractivity contribution is 0.255. The second-order valence-corrected chi connectivity index (χ2v) is 5.88. The van der Waals surface area contributed by atoms with Crippen molar-refractivity contribution >= 4 is 28.2 Å². The monoisotopic (exact) mass is 350 g/mol. The molecule has 0 radical (unpaired) electrons. The summed E-state index contributed by atoms with van der Waals surface area (Å²) in [5.74, 6) is -1.59. The second kappa shape index (κ2) is 6.08. The molecule has 0 saturated carbocycles. The summed E-state index contributed by atoms with van der Waals surface area (Å²) in [5.41, 5.74) is 0.414. The van der Waals surface area contributed by atoms with Crippen LogP contribution in [0.3, 0.4) is 0 Å². The SMILES string of the molecule is N#CC1CN(c2ccc(F)cc2F)C(=O)N1c1cncc2ccccc12. The summed E-state index contributed by atoms with van der Waals surface area (Å²) in [6.45, 7) is -0.0267. The molecule has 7 heteroatoms. The quantitative estimate of drug-likeness (QED) is 0.705. The van der Waals surface area contributed by atoms with E-state index >= 15 is 0 Å². The van der Waals surface area contributed by atoms with E-state index in [0.29, 0.717) is 11.8 Å². The molecule has 0 spiro atoms. The first-order valence-electron chi connectivity index (χ1n) is 7.88. The fourth-order valence-electron chi connectivity index (χ4n) is 3.16. The Morgan fingerprint density at radius 2 is 1.92 bits per heavy atom. The number of nitrogens with zero attached hydrogens (tertiary/aromatic N) is 4. The average Bonchev–Trinajstić information content (AvgIpc) is 2.97. The van der Waals surface area contributed by atoms with Crippen LogP contribution in [-0.4, -0.2) is 23.6 Å². The fourth-order valence-corrected chi connectivity index (χ4v) is 3.16. The highest BCUT2D eigenvalue weighted by atomic mass is 19.1.